The minimum absolute atomic E-state index is 0. The Hall–Kier alpha value is -0.518. The second-order valence-corrected chi connectivity index (χ2v) is 1.56. The number of carbonyl (C=O) groups is 2. The van der Waals surface area contributed by atoms with E-state index in [9.17, 15) is 9.59 Å². The second-order valence-electron chi connectivity index (χ2n) is 1.56. The first kappa shape index (κ1) is 19.1. The first-order valence-corrected chi connectivity index (χ1v) is 3.25. The molecule has 3 N–H and O–H groups in total. The van der Waals surface area contributed by atoms with Crippen molar-refractivity contribution in [3.8, 4) is 0 Å². The average molecular weight is 202 g/mol. The molecule has 0 aliphatic carbocycles. The summed E-state index contributed by atoms with van der Waals surface area (Å²) in [6, 6.07) is 0. The third-order valence-corrected chi connectivity index (χ3v) is 0.627. The monoisotopic (exact) mass is 202 g/mol. The van der Waals surface area contributed by atoms with E-state index < -0.39 is 19.3 Å². The van der Waals surface area contributed by atoms with Gasteiger partial charge in [0.05, 0.1) is 13.7 Å². The number of rotatable bonds is 1. The fourth-order valence-electron chi connectivity index (χ4n) is 0.273. The summed E-state index contributed by atoms with van der Waals surface area (Å²) in [6.07, 6.45) is 0. The maximum atomic E-state index is 10.3. The van der Waals surface area contributed by atoms with Gasteiger partial charge in [-0.05, 0) is 6.92 Å². The molecule has 0 aromatic heterocycles. The number of hydrogen-bond donors (Lipinski definition) is 3. The molecule has 0 radical (unpaired) electrons. The van der Waals surface area contributed by atoms with Gasteiger partial charge in [0.2, 0.25) is 0 Å². The molecule has 0 rings (SSSR count). The quantitative estimate of drug-likeness (QED) is 0.236. The summed E-state index contributed by atoms with van der Waals surface area (Å²) in [7, 11) is -1.04. The van der Waals surface area contributed by atoms with Crippen molar-refractivity contribution >= 4 is 38.1 Å². The van der Waals surface area contributed by atoms with Crippen molar-refractivity contribution in [1.82, 2.24) is 0 Å². The van der Waals surface area contributed by atoms with Crippen molar-refractivity contribution in [3.63, 3.8) is 0 Å². The van der Waals surface area contributed by atoms with Gasteiger partial charge < -0.3 is 24.5 Å². The topological polar surface area (TPSA) is 113 Å². The van der Waals surface area contributed by atoms with Crippen LogP contribution < -0.4 is 0 Å². The summed E-state index contributed by atoms with van der Waals surface area (Å²) in [5.41, 5.74) is 0. The maximum absolute atomic E-state index is 10.3. The average Bonchev–Trinajstić information content (AvgIpc) is 2.02. The van der Waals surface area contributed by atoms with Crippen molar-refractivity contribution in [2.75, 3.05) is 13.7 Å². The number of ether oxygens (including phenoxy) is 2. The third kappa shape index (κ3) is 17.5. The molecule has 0 aromatic rings. The molecular formula is C5H12BLiO7. The van der Waals surface area contributed by atoms with Crippen LogP contribution in [0.2, 0.25) is 0 Å². The first-order chi connectivity index (χ1) is 5.95. The van der Waals surface area contributed by atoms with Crippen LogP contribution in [0.25, 0.3) is 0 Å². The van der Waals surface area contributed by atoms with Crippen LogP contribution in [0.4, 0.5) is 0 Å². The Morgan fingerprint density at radius 3 is 1.79 bits per heavy atom. The number of carbonyl (C=O) groups excluding carboxylic acids is 2. The molecule has 0 fully saturated rings. The second kappa shape index (κ2) is 12.5. The summed E-state index contributed by atoms with van der Waals surface area (Å²) in [5, 5.41) is 21.5. The van der Waals surface area contributed by atoms with E-state index in [1.807, 2.05) is 0 Å². The van der Waals surface area contributed by atoms with E-state index >= 15 is 0 Å². The van der Waals surface area contributed by atoms with E-state index in [0.717, 1.165) is 7.11 Å². The van der Waals surface area contributed by atoms with E-state index in [2.05, 4.69) is 9.47 Å². The Bertz CT molecular complexity index is 159. The summed E-state index contributed by atoms with van der Waals surface area (Å²) >= 11 is 0. The molecule has 0 saturated heterocycles. The Kier molecular flexibility index (Phi) is 17.0. The Balaban J connectivity index is -0.000000209. The van der Waals surface area contributed by atoms with Crippen LogP contribution in [0.15, 0.2) is 0 Å². The van der Waals surface area contributed by atoms with E-state index in [-0.39, 0.29) is 25.5 Å². The molecule has 0 aliphatic rings. The van der Waals surface area contributed by atoms with Gasteiger partial charge in [-0.15, -0.1) is 0 Å². The van der Waals surface area contributed by atoms with Gasteiger partial charge in [0.15, 0.2) is 0 Å². The van der Waals surface area contributed by atoms with Gasteiger partial charge in [-0.25, -0.2) is 9.59 Å². The molecule has 0 aliphatic heterocycles. The van der Waals surface area contributed by atoms with Crippen molar-refractivity contribution in [1.29, 1.82) is 0 Å². The van der Waals surface area contributed by atoms with Crippen LogP contribution in [-0.2, 0) is 19.1 Å². The van der Waals surface area contributed by atoms with Crippen molar-refractivity contribution in [2.24, 2.45) is 0 Å². The number of esters is 2. The van der Waals surface area contributed by atoms with E-state index in [1.54, 1.807) is 6.92 Å². The molecule has 0 bridgehead atoms. The van der Waals surface area contributed by atoms with E-state index in [4.69, 9.17) is 15.1 Å². The predicted octanol–water partition coefficient (Wildman–Crippen LogP) is -2.98. The summed E-state index contributed by atoms with van der Waals surface area (Å²) < 4.78 is 8.33. The van der Waals surface area contributed by atoms with Crippen LogP contribution in [0.1, 0.15) is 6.92 Å². The zero-order valence-electron chi connectivity index (χ0n) is 7.26. The normalized spacial score (nSPS) is 7.21. The van der Waals surface area contributed by atoms with Gasteiger partial charge in [-0.2, -0.15) is 0 Å². The first-order valence-electron chi connectivity index (χ1n) is 3.25. The van der Waals surface area contributed by atoms with Gasteiger partial charge in [0.25, 0.3) is 0 Å². The molecule has 0 heterocycles. The van der Waals surface area contributed by atoms with E-state index in [1.165, 1.54) is 0 Å². The summed E-state index contributed by atoms with van der Waals surface area (Å²) in [6.45, 7) is 1.80. The van der Waals surface area contributed by atoms with Gasteiger partial charge in [-0.1, -0.05) is 0 Å². The van der Waals surface area contributed by atoms with Crippen LogP contribution in [0.3, 0.4) is 0 Å². The summed E-state index contributed by atoms with van der Waals surface area (Å²) in [5.74, 6) is -1.91. The van der Waals surface area contributed by atoms with Crippen molar-refractivity contribution in [3.05, 3.63) is 0 Å². The molecule has 0 amide bonds. The van der Waals surface area contributed by atoms with E-state index in [0.29, 0.717) is 0 Å². The van der Waals surface area contributed by atoms with Gasteiger partial charge in [-0.3, -0.25) is 0 Å². The minimum atomic E-state index is -2.17. The van der Waals surface area contributed by atoms with Crippen LogP contribution in [-0.4, -0.2) is 66.9 Å². The molecule has 9 heteroatoms. The Labute approximate surface area is 93.4 Å². The molecule has 7 nitrogen and oxygen atoms in total. The molecule has 0 spiro atoms. The number of methoxy groups -OCH3 is 1. The Morgan fingerprint density at radius 2 is 1.57 bits per heavy atom. The predicted molar refractivity (Wildman–Crippen MR) is 48.2 cm³/mol. The summed E-state index contributed by atoms with van der Waals surface area (Å²) in [4.78, 5) is 20.5. The van der Waals surface area contributed by atoms with Crippen LogP contribution in [0.5, 0.6) is 0 Å². The standard InChI is InChI=1S/C5H8O4.BH3O3.Li.H/c1-3-9-5(7)4(6)8-2;2-1(3)4;;/h3H2,1-2H3;2-4H;;. The van der Waals surface area contributed by atoms with Crippen molar-refractivity contribution < 1.29 is 34.1 Å². The van der Waals surface area contributed by atoms with Crippen LogP contribution in [0, 0.1) is 0 Å². The zero-order chi connectivity index (χ0) is 10.9. The third-order valence-electron chi connectivity index (χ3n) is 0.627. The SMILES string of the molecule is CCOC(=O)C(=O)OC.OB(O)O.[LiH]. The number of hydrogen-bond acceptors (Lipinski definition) is 7. The molecule has 0 aromatic carbocycles. The fraction of sp³-hybridized carbons (Fsp3) is 0.600. The molecule has 0 unspecified atom stereocenters. The van der Waals surface area contributed by atoms with Crippen LogP contribution >= 0.6 is 0 Å². The molecule has 78 valence electrons. The molecule has 14 heavy (non-hydrogen) atoms. The van der Waals surface area contributed by atoms with Gasteiger partial charge in [0.1, 0.15) is 0 Å². The molecule has 0 atom stereocenters. The fourth-order valence-corrected chi connectivity index (χ4v) is 0.273. The zero-order valence-corrected chi connectivity index (χ0v) is 7.26. The molecule has 0 saturated carbocycles. The van der Waals surface area contributed by atoms with Crippen molar-refractivity contribution in [2.45, 2.75) is 6.92 Å². The Morgan fingerprint density at radius 1 is 1.21 bits per heavy atom. The molecular weight excluding hydrogens is 190 g/mol. The van der Waals surface area contributed by atoms with Gasteiger partial charge in [0, 0.05) is 0 Å². The van der Waals surface area contributed by atoms with Gasteiger partial charge >= 0.3 is 38.1 Å².